The number of hydrogen-bond donors (Lipinski definition) is 1. The third-order valence-electron chi connectivity index (χ3n) is 3.10. The van der Waals surface area contributed by atoms with Gasteiger partial charge in [0.25, 0.3) is 0 Å². The standard InChI is InChI=1S/C14H19ClN2O2/c1-11-9-17(6-7-19-11)10-14(18)16-8-12-2-4-13(15)5-3-12/h2-5,11H,6-10H2,1H3,(H,16,18)/t11-/m0/s1. The fourth-order valence-corrected chi connectivity index (χ4v) is 2.22. The monoisotopic (exact) mass is 282 g/mol. The summed E-state index contributed by atoms with van der Waals surface area (Å²) < 4.78 is 5.44. The maximum atomic E-state index is 11.8. The first kappa shape index (κ1) is 14.3. The van der Waals surface area contributed by atoms with Crippen molar-refractivity contribution in [3.05, 3.63) is 34.9 Å². The van der Waals surface area contributed by atoms with Crippen LogP contribution in [0.4, 0.5) is 0 Å². The Hall–Kier alpha value is -1.10. The lowest BCUT2D eigenvalue weighted by atomic mass is 10.2. The molecule has 0 spiro atoms. The van der Waals surface area contributed by atoms with E-state index >= 15 is 0 Å². The molecule has 1 N–H and O–H groups in total. The van der Waals surface area contributed by atoms with E-state index in [-0.39, 0.29) is 12.0 Å². The van der Waals surface area contributed by atoms with Crippen molar-refractivity contribution in [1.29, 1.82) is 0 Å². The summed E-state index contributed by atoms with van der Waals surface area (Å²) in [6.07, 6.45) is 0.206. The second-order valence-corrected chi connectivity index (χ2v) is 5.26. The smallest absolute Gasteiger partial charge is 0.234 e. The Morgan fingerprint density at radius 2 is 2.21 bits per heavy atom. The summed E-state index contributed by atoms with van der Waals surface area (Å²) in [6.45, 7) is 5.33. The molecule has 1 atom stereocenters. The minimum absolute atomic E-state index is 0.0454. The molecule has 0 aliphatic carbocycles. The highest BCUT2D eigenvalue weighted by Gasteiger charge is 2.18. The predicted molar refractivity (Wildman–Crippen MR) is 75.2 cm³/mol. The number of rotatable bonds is 4. The first-order chi connectivity index (χ1) is 9.13. The second-order valence-electron chi connectivity index (χ2n) is 4.82. The summed E-state index contributed by atoms with van der Waals surface area (Å²) in [5, 5.41) is 3.62. The lowest BCUT2D eigenvalue weighted by molar-refractivity contribution is -0.124. The number of benzene rings is 1. The van der Waals surface area contributed by atoms with Gasteiger partial charge in [-0.3, -0.25) is 9.69 Å². The van der Waals surface area contributed by atoms with Crippen molar-refractivity contribution in [3.8, 4) is 0 Å². The van der Waals surface area contributed by atoms with Crippen molar-refractivity contribution < 1.29 is 9.53 Å². The first-order valence-corrected chi connectivity index (χ1v) is 6.86. The predicted octanol–water partition coefficient (Wildman–Crippen LogP) is 1.68. The van der Waals surface area contributed by atoms with E-state index in [0.29, 0.717) is 24.7 Å². The molecule has 1 aliphatic rings. The third-order valence-corrected chi connectivity index (χ3v) is 3.35. The Morgan fingerprint density at radius 3 is 2.89 bits per heavy atom. The molecule has 4 nitrogen and oxygen atoms in total. The molecule has 104 valence electrons. The van der Waals surface area contributed by atoms with Crippen LogP contribution >= 0.6 is 11.6 Å². The largest absolute Gasteiger partial charge is 0.376 e. The molecule has 0 unspecified atom stereocenters. The van der Waals surface area contributed by atoms with Crippen molar-refractivity contribution in [1.82, 2.24) is 10.2 Å². The molecule has 0 radical (unpaired) electrons. The van der Waals surface area contributed by atoms with Crippen molar-refractivity contribution in [2.45, 2.75) is 19.6 Å². The van der Waals surface area contributed by atoms with Gasteiger partial charge in [-0.25, -0.2) is 0 Å². The summed E-state index contributed by atoms with van der Waals surface area (Å²) in [7, 11) is 0. The Bertz CT molecular complexity index is 422. The van der Waals surface area contributed by atoms with E-state index in [0.717, 1.165) is 18.7 Å². The van der Waals surface area contributed by atoms with E-state index in [9.17, 15) is 4.79 Å². The van der Waals surface area contributed by atoms with Crippen LogP contribution in [0.5, 0.6) is 0 Å². The van der Waals surface area contributed by atoms with Gasteiger partial charge in [-0.2, -0.15) is 0 Å². The van der Waals surface area contributed by atoms with Crippen LogP contribution in [0.15, 0.2) is 24.3 Å². The number of morpholine rings is 1. The van der Waals surface area contributed by atoms with Gasteiger partial charge in [-0.1, -0.05) is 23.7 Å². The number of amides is 1. The summed E-state index contributed by atoms with van der Waals surface area (Å²) in [5.41, 5.74) is 1.05. The average Bonchev–Trinajstić information content (AvgIpc) is 2.38. The van der Waals surface area contributed by atoms with E-state index in [1.54, 1.807) is 0 Å². The van der Waals surface area contributed by atoms with Gasteiger partial charge in [-0.05, 0) is 24.6 Å². The van der Waals surface area contributed by atoms with Crippen LogP contribution in [0, 0.1) is 0 Å². The Kier molecular flexibility index (Phi) is 5.19. The quantitative estimate of drug-likeness (QED) is 0.914. The molecule has 1 aromatic carbocycles. The highest BCUT2D eigenvalue weighted by molar-refractivity contribution is 6.30. The fourth-order valence-electron chi connectivity index (χ4n) is 2.10. The lowest BCUT2D eigenvalue weighted by Crippen LogP contribution is -2.45. The molecule has 1 aliphatic heterocycles. The number of nitrogens with zero attached hydrogens (tertiary/aromatic N) is 1. The number of nitrogens with one attached hydrogen (secondary N) is 1. The molecule has 5 heteroatoms. The van der Waals surface area contributed by atoms with Gasteiger partial charge in [0, 0.05) is 24.7 Å². The fraction of sp³-hybridized carbons (Fsp3) is 0.500. The SMILES string of the molecule is C[C@H]1CN(CC(=O)NCc2ccc(Cl)cc2)CCO1. The number of carbonyl (C=O) groups is 1. The van der Waals surface area contributed by atoms with Crippen LogP contribution in [0.25, 0.3) is 0 Å². The maximum absolute atomic E-state index is 11.8. The molecule has 0 saturated carbocycles. The van der Waals surface area contributed by atoms with E-state index in [4.69, 9.17) is 16.3 Å². The molecule has 0 bridgehead atoms. The number of ether oxygens (including phenoxy) is 1. The van der Waals surface area contributed by atoms with Gasteiger partial charge < -0.3 is 10.1 Å². The van der Waals surface area contributed by atoms with E-state index in [1.165, 1.54) is 0 Å². The van der Waals surface area contributed by atoms with Crippen LogP contribution in [-0.4, -0.2) is 43.2 Å². The summed E-state index contributed by atoms with van der Waals surface area (Å²) in [4.78, 5) is 14.0. The van der Waals surface area contributed by atoms with Gasteiger partial charge in [0.1, 0.15) is 0 Å². The Labute approximate surface area is 118 Å². The van der Waals surface area contributed by atoms with Crippen molar-refractivity contribution >= 4 is 17.5 Å². The Balaban J connectivity index is 1.73. The number of carbonyl (C=O) groups excluding carboxylic acids is 1. The molecule has 19 heavy (non-hydrogen) atoms. The minimum atomic E-state index is 0.0454. The van der Waals surface area contributed by atoms with Crippen LogP contribution in [0.3, 0.4) is 0 Å². The molecule has 1 amide bonds. The highest BCUT2D eigenvalue weighted by atomic mass is 35.5. The topological polar surface area (TPSA) is 41.6 Å². The first-order valence-electron chi connectivity index (χ1n) is 6.48. The van der Waals surface area contributed by atoms with Crippen LogP contribution in [-0.2, 0) is 16.1 Å². The van der Waals surface area contributed by atoms with E-state index < -0.39 is 0 Å². The Morgan fingerprint density at radius 1 is 1.47 bits per heavy atom. The summed E-state index contributed by atoms with van der Waals surface area (Å²) in [6, 6.07) is 7.48. The zero-order valence-corrected chi connectivity index (χ0v) is 11.8. The maximum Gasteiger partial charge on any atom is 0.234 e. The van der Waals surface area contributed by atoms with Gasteiger partial charge in [0.05, 0.1) is 19.3 Å². The van der Waals surface area contributed by atoms with Gasteiger partial charge in [0.2, 0.25) is 5.91 Å². The molecule has 1 heterocycles. The highest BCUT2D eigenvalue weighted by Crippen LogP contribution is 2.09. The number of halogens is 1. The van der Waals surface area contributed by atoms with Crippen molar-refractivity contribution in [2.24, 2.45) is 0 Å². The molecular weight excluding hydrogens is 264 g/mol. The second kappa shape index (κ2) is 6.89. The number of hydrogen-bond acceptors (Lipinski definition) is 3. The van der Waals surface area contributed by atoms with Crippen LogP contribution in [0.1, 0.15) is 12.5 Å². The molecular formula is C14H19ClN2O2. The molecule has 1 fully saturated rings. The normalized spacial score (nSPS) is 20.2. The molecule has 0 aromatic heterocycles. The van der Waals surface area contributed by atoms with Gasteiger partial charge in [0.15, 0.2) is 0 Å². The average molecular weight is 283 g/mol. The van der Waals surface area contributed by atoms with Crippen LogP contribution in [0.2, 0.25) is 5.02 Å². The molecule has 2 rings (SSSR count). The lowest BCUT2D eigenvalue weighted by Gasteiger charge is -2.30. The van der Waals surface area contributed by atoms with Crippen molar-refractivity contribution in [3.63, 3.8) is 0 Å². The summed E-state index contributed by atoms with van der Waals surface area (Å²) >= 11 is 5.81. The van der Waals surface area contributed by atoms with E-state index in [2.05, 4.69) is 10.2 Å². The van der Waals surface area contributed by atoms with Crippen molar-refractivity contribution in [2.75, 3.05) is 26.2 Å². The minimum Gasteiger partial charge on any atom is -0.376 e. The molecule has 1 saturated heterocycles. The van der Waals surface area contributed by atoms with E-state index in [1.807, 2.05) is 31.2 Å². The van der Waals surface area contributed by atoms with Crippen LogP contribution < -0.4 is 5.32 Å². The molecule has 1 aromatic rings. The van der Waals surface area contributed by atoms with Gasteiger partial charge in [-0.15, -0.1) is 0 Å². The van der Waals surface area contributed by atoms with Gasteiger partial charge >= 0.3 is 0 Å². The zero-order valence-electron chi connectivity index (χ0n) is 11.1. The summed E-state index contributed by atoms with van der Waals surface area (Å²) in [5.74, 6) is 0.0454. The zero-order chi connectivity index (χ0) is 13.7. The third kappa shape index (κ3) is 4.82.